The molecule has 172 valence electrons. The van der Waals surface area contributed by atoms with Crippen molar-refractivity contribution in [3.8, 4) is 23.0 Å². The molecular formula is C24H31IN4O3. The van der Waals surface area contributed by atoms with Crippen LogP contribution < -0.4 is 20.1 Å². The first kappa shape index (κ1) is 25.5. The van der Waals surface area contributed by atoms with Gasteiger partial charge in [-0.25, -0.2) is 4.98 Å². The average Bonchev–Trinajstić information content (AvgIpc) is 3.27. The van der Waals surface area contributed by atoms with E-state index in [4.69, 9.17) is 13.9 Å². The van der Waals surface area contributed by atoms with E-state index in [1.807, 2.05) is 62.4 Å². The molecule has 0 saturated heterocycles. The Labute approximate surface area is 206 Å². The summed E-state index contributed by atoms with van der Waals surface area (Å²) in [6.07, 6.45) is 1.66. The molecule has 0 amide bonds. The molecule has 7 nitrogen and oxygen atoms in total. The number of ether oxygens (including phenoxy) is 2. The molecule has 32 heavy (non-hydrogen) atoms. The molecule has 0 aliphatic rings. The lowest BCUT2D eigenvalue weighted by Gasteiger charge is -2.19. The van der Waals surface area contributed by atoms with Gasteiger partial charge in [-0.05, 0) is 50.6 Å². The van der Waals surface area contributed by atoms with Gasteiger partial charge >= 0.3 is 0 Å². The van der Waals surface area contributed by atoms with Crippen LogP contribution in [0.4, 0.5) is 0 Å². The summed E-state index contributed by atoms with van der Waals surface area (Å²) in [5.41, 5.74) is 2.82. The molecule has 1 unspecified atom stereocenters. The standard InChI is InChI=1S/C24H30N4O3.HI/c1-5-29-21-13-12-19(14-22(21)30-6-2)17(3)27-24(25-4)26-15-20-16-31-23(28-20)18-10-8-7-9-11-18;/h7-14,16-17H,5-6,15H2,1-4H3,(H2,25,26,27);1H. The largest absolute Gasteiger partial charge is 0.490 e. The minimum absolute atomic E-state index is 0. The van der Waals surface area contributed by atoms with Gasteiger partial charge in [0, 0.05) is 12.6 Å². The van der Waals surface area contributed by atoms with E-state index in [1.165, 1.54) is 0 Å². The van der Waals surface area contributed by atoms with Crippen LogP contribution in [0, 0.1) is 0 Å². The van der Waals surface area contributed by atoms with E-state index in [0.29, 0.717) is 31.6 Å². The second-order valence-corrected chi connectivity index (χ2v) is 6.87. The van der Waals surface area contributed by atoms with E-state index in [2.05, 4.69) is 27.5 Å². The number of oxazole rings is 1. The molecule has 3 aromatic rings. The Bertz CT molecular complexity index is 992. The highest BCUT2D eigenvalue weighted by Crippen LogP contribution is 2.30. The highest BCUT2D eigenvalue weighted by atomic mass is 127. The van der Waals surface area contributed by atoms with Gasteiger partial charge in [0.2, 0.25) is 5.89 Å². The van der Waals surface area contributed by atoms with Gasteiger partial charge in [-0.15, -0.1) is 24.0 Å². The zero-order valence-electron chi connectivity index (χ0n) is 18.9. The Hall–Kier alpha value is -2.75. The average molecular weight is 550 g/mol. The smallest absolute Gasteiger partial charge is 0.226 e. The molecule has 0 fully saturated rings. The quantitative estimate of drug-likeness (QED) is 0.217. The monoisotopic (exact) mass is 550 g/mol. The van der Waals surface area contributed by atoms with Crippen LogP contribution in [0.2, 0.25) is 0 Å². The fraction of sp³-hybridized carbons (Fsp3) is 0.333. The topological polar surface area (TPSA) is 80.9 Å². The number of guanidine groups is 1. The van der Waals surface area contributed by atoms with Gasteiger partial charge in [0.1, 0.15) is 6.26 Å². The first-order chi connectivity index (χ1) is 15.1. The maximum absolute atomic E-state index is 5.74. The maximum atomic E-state index is 5.74. The lowest BCUT2D eigenvalue weighted by Crippen LogP contribution is -2.38. The number of benzene rings is 2. The van der Waals surface area contributed by atoms with Crippen LogP contribution in [0.15, 0.2) is 64.2 Å². The molecule has 2 aromatic carbocycles. The molecule has 1 atom stereocenters. The molecular weight excluding hydrogens is 519 g/mol. The second-order valence-electron chi connectivity index (χ2n) is 6.87. The van der Waals surface area contributed by atoms with Gasteiger partial charge in [0.15, 0.2) is 17.5 Å². The van der Waals surface area contributed by atoms with E-state index in [0.717, 1.165) is 28.3 Å². The van der Waals surface area contributed by atoms with Crippen molar-refractivity contribution in [3.63, 3.8) is 0 Å². The fourth-order valence-corrected chi connectivity index (χ4v) is 3.10. The van der Waals surface area contributed by atoms with Gasteiger partial charge in [0.05, 0.1) is 31.5 Å². The van der Waals surface area contributed by atoms with Crippen LogP contribution in [0.5, 0.6) is 11.5 Å². The maximum Gasteiger partial charge on any atom is 0.226 e. The third-order valence-electron chi connectivity index (χ3n) is 4.65. The van der Waals surface area contributed by atoms with Crippen LogP contribution in [-0.2, 0) is 6.54 Å². The molecule has 0 bridgehead atoms. The van der Waals surface area contributed by atoms with Crippen LogP contribution >= 0.6 is 24.0 Å². The minimum atomic E-state index is 0. The highest BCUT2D eigenvalue weighted by Gasteiger charge is 2.13. The van der Waals surface area contributed by atoms with Crippen molar-refractivity contribution in [2.75, 3.05) is 20.3 Å². The van der Waals surface area contributed by atoms with Gasteiger partial charge in [-0.3, -0.25) is 4.99 Å². The molecule has 0 saturated carbocycles. The third-order valence-corrected chi connectivity index (χ3v) is 4.65. The highest BCUT2D eigenvalue weighted by molar-refractivity contribution is 14.0. The summed E-state index contributed by atoms with van der Waals surface area (Å²) in [7, 11) is 1.74. The number of aromatic nitrogens is 1. The summed E-state index contributed by atoms with van der Waals surface area (Å²) in [5, 5.41) is 6.68. The molecule has 0 aliphatic heterocycles. The molecule has 1 heterocycles. The van der Waals surface area contributed by atoms with Crippen molar-refractivity contribution in [1.82, 2.24) is 15.6 Å². The summed E-state index contributed by atoms with van der Waals surface area (Å²) in [4.78, 5) is 8.86. The van der Waals surface area contributed by atoms with E-state index in [9.17, 15) is 0 Å². The number of nitrogens with zero attached hydrogens (tertiary/aromatic N) is 2. The minimum Gasteiger partial charge on any atom is -0.490 e. The lowest BCUT2D eigenvalue weighted by molar-refractivity contribution is 0.287. The first-order valence-corrected chi connectivity index (χ1v) is 10.5. The summed E-state index contributed by atoms with van der Waals surface area (Å²) in [6, 6.07) is 15.8. The van der Waals surface area contributed by atoms with Gasteiger partial charge in [-0.1, -0.05) is 24.3 Å². The van der Waals surface area contributed by atoms with Gasteiger partial charge in [0.25, 0.3) is 0 Å². The van der Waals surface area contributed by atoms with Gasteiger partial charge < -0.3 is 24.5 Å². The second kappa shape index (κ2) is 12.9. The molecule has 8 heteroatoms. The van der Waals surface area contributed by atoms with E-state index < -0.39 is 0 Å². The van der Waals surface area contributed by atoms with Crippen molar-refractivity contribution >= 4 is 29.9 Å². The predicted molar refractivity (Wildman–Crippen MR) is 138 cm³/mol. The van der Waals surface area contributed by atoms with E-state index >= 15 is 0 Å². The third kappa shape index (κ3) is 6.88. The van der Waals surface area contributed by atoms with Crippen molar-refractivity contribution in [2.45, 2.75) is 33.4 Å². The normalized spacial score (nSPS) is 11.9. The van der Waals surface area contributed by atoms with Crippen molar-refractivity contribution in [2.24, 2.45) is 4.99 Å². The summed E-state index contributed by atoms with van der Waals surface area (Å²) < 4.78 is 17.0. The molecule has 0 radical (unpaired) electrons. The number of hydrogen-bond donors (Lipinski definition) is 2. The summed E-state index contributed by atoms with van der Waals surface area (Å²) in [5.74, 6) is 2.77. The molecule has 3 rings (SSSR count). The molecule has 0 spiro atoms. The Morgan fingerprint density at radius 1 is 1.06 bits per heavy atom. The number of hydrogen-bond acceptors (Lipinski definition) is 5. The van der Waals surface area contributed by atoms with Crippen molar-refractivity contribution in [3.05, 3.63) is 66.1 Å². The van der Waals surface area contributed by atoms with Crippen molar-refractivity contribution in [1.29, 1.82) is 0 Å². The zero-order chi connectivity index (χ0) is 22.1. The Balaban J connectivity index is 0.00000363. The fourth-order valence-electron chi connectivity index (χ4n) is 3.10. The van der Waals surface area contributed by atoms with E-state index in [-0.39, 0.29) is 30.0 Å². The SMILES string of the molecule is CCOc1ccc(C(C)NC(=NC)NCc2coc(-c3ccccc3)n2)cc1OCC.I. The van der Waals surface area contributed by atoms with Crippen LogP contribution in [0.3, 0.4) is 0 Å². The predicted octanol–water partition coefficient (Wildman–Crippen LogP) is 5.18. The lowest BCUT2D eigenvalue weighted by atomic mass is 10.1. The number of aliphatic imine (C=N–C) groups is 1. The van der Waals surface area contributed by atoms with Gasteiger partial charge in [-0.2, -0.15) is 0 Å². The van der Waals surface area contributed by atoms with Crippen LogP contribution in [0.1, 0.15) is 38.1 Å². The molecule has 0 aliphatic carbocycles. The Kier molecular flexibility index (Phi) is 10.3. The molecule has 2 N–H and O–H groups in total. The summed E-state index contributed by atoms with van der Waals surface area (Å²) >= 11 is 0. The Morgan fingerprint density at radius 2 is 1.78 bits per heavy atom. The molecule has 1 aromatic heterocycles. The zero-order valence-corrected chi connectivity index (χ0v) is 21.3. The van der Waals surface area contributed by atoms with E-state index in [1.54, 1.807) is 13.3 Å². The number of rotatable bonds is 9. The van der Waals surface area contributed by atoms with Crippen molar-refractivity contribution < 1.29 is 13.9 Å². The number of nitrogens with one attached hydrogen (secondary N) is 2. The van der Waals surface area contributed by atoms with Crippen LogP contribution in [-0.4, -0.2) is 31.2 Å². The number of halogens is 1. The first-order valence-electron chi connectivity index (χ1n) is 10.5. The van der Waals surface area contributed by atoms with Crippen LogP contribution in [0.25, 0.3) is 11.5 Å². The Morgan fingerprint density at radius 3 is 2.47 bits per heavy atom. The summed E-state index contributed by atoms with van der Waals surface area (Å²) in [6.45, 7) is 7.66.